The number of ether oxygens (including phenoxy) is 1. The number of benzene rings is 3. The van der Waals surface area contributed by atoms with Crippen molar-refractivity contribution in [1.82, 2.24) is 4.57 Å². The molecule has 0 radical (unpaired) electrons. The lowest BCUT2D eigenvalue weighted by atomic mass is 9.92. The second-order valence-corrected chi connectivity index (χ2v) is 8.44. The first kappa shape index (κ1) is 24.1. The van der Waals surface area contributed by atoms with E-state index in [2.05, 4.69) is 0 Å². The Balaban J connectivity index is 1.86. The van der Waals surface area contributed by atoms with Gasteiger partial charge >= 0.3 is 12.1 Å². The number of fused-ring (bicyclic) bond motifs is 1. The predicted molar refractivity (Wildman–Crippen MR) is 129 cm³/mol. The Morgan fingerprint density at radius 1 is 0.943 bits per heavy atom. The highest BCUT2D eigenvalue weighted by Gasteiger charge is 2.30. The number of nitrogens with zero attached hydrogens (tertiary/aromatic N) is 1. The van der Waals surface area contributed by atoms with Gasteiger partial charge in [0.1, 0.15) is 0 Å². The molecule has 0 aliphatic heterocycles. The van der Waals surface area contributed by atoms with Crippen LogP contribution in [-0.4, -0.2) is 22.8 Å². The number of carbonyl (C=O) groups is 1. The van der Waals surface area contributed by atoms with Crippen molar-refractivity contribution in [2.45, 2.75) is 26.6 Å². The molecule has 0 atom stereocenters. The van der Waals surface area contributed by atoms with Crippen molar-refractivity contribution < 1.29 is 27.8 Å². The Hall–Kier alpha value is -4.00. The molecule has 0 aliphatic rings. The van der Waals surface area contributed by atoms with Gasteiger partial charge in [-0.05, 0) is 60.9 Å². The summed E-state index contributed by atoms with van der Waals surface area (Å²) in [6.07, 6.45) is -4.43. The van der Waals surface area contributed by atoms with Gasteiger partial charge in [0, 0.05) is 5.39 Å². The summed E-state index contributed by atoms with van der Waals surface area (Å²) in [4.78, 5) is 12.0. The SMILES string of the molecule is COC(=O)c1cccc(Cn2c(O)c(C(=C(C)C)c3ccc(C(F)(F)F)cc3)c3ccccc32)c1. The van der Waals surface area contributed by atoms with Crippen molar-refractivity contribution in [2.75, 3.05) is 7.11 Å². The molecule has 4 nitrogen and oxygen atoms in total. The van der Waals surface area contributed by atoms with Crippen molar-refractivity contribution >= 4 is 22.4 Å². The molecular weight excluding hydrogens is 455 g/mol. The summed E-state index contributed by atoms with van der Waals surface area (Å²) in [6.45, 7) is 4.00. The van der Waals surface area contributed by atoms with E-state index < -0.39 is 17.7 Å². The highest BCUT2D eigenvalue weighted by molar-refractivity contribution is 6.01. The summed E-state index contributed by atoms with van der Waals surface area (Å²) in [7, 11) is 1.31. The number of hydrogen-bond acceptors (Lipinski definition) is 3. The zero-order valence-electron chi connectivity index (χ0n) is 19.5. The summed E-state index contributed by atoms with van der Waals surface area (Å²) in [5.74, 6) is -0.464. The van der Waals surface area contributed by atoms with Gasteiger partial charge in [0.25, 0.3) is 0 Å². The number of esters is 1. The molecule has 0 bridgehead atoms. The quantitative estimate of drug-likeness (QED) is 0.312. The number of methoxy groups -OCH3 is 1. The predicted octanol–water partition coefficient (Wildman–Crippen LogP) is 7.04. The topological polar surface area (TPSA) is 51.5 Å². The van der Waals surface area contributed by atoms with Gasteiger partial charge in [-0.3, -0.25) is 0 Å². The normalized spacial score (nSPS) is 11.5. The Morgan fingerprint density at radius 3 is 2.26 bits per heavy atom. The van der Waals surface area contributed by atoms with E-state index in [1.165, 1.54) is 19.2 Å². The molecule has 35 heavy (non-hydrogen) atoms. The lowest BCUT2D eigenvalue weighted by Crippen LogP contribution is -2.05. The molecule has 4 rings (SSSR count). The van der Waals surface area contributed by atoms with Crippen LogP contribution in [0.2, 0.25) is 0 Å². The number of allylic oxidation sites excluding steroid dienone is 1. The molecule has 0 unspecified atom stereocenters. The maximum atomic E-state index is 13.1. The molecule has 0 saturated carbocycles. The van der Waals surface area contributed by atoms with Crippen molar-refractivity contribution in [3.8, 4) is 5.88 Å². The standard InChI is InChI=1S/C28H24F3NO3/c1-17(2)24(19-11-13-21(14-12-19)28(29,30)31)25-22-9-4-5-10-23(22)32(26(25)33)16-18-7-6-8-20(15-18)27(34)35-3/h4-15,33H,16H2,1-3H3. The number of hydrogen-bond donors (Lipinski definition) is 1. The van der Waals surface area contributed by atoms with E-state index in [0.717, 1.165) is 34.2 Å². The smallest absolute Gasteiger partial charge is 0.416 e. The van der Waals surface area contributed by atoms with Gasteiger partial charge in [-0.2, -0.15) is 13.2 Å². The molecule has 7 heteroatoms. The zero-order chi connectivity index (χ0) is 25.3. The second-order valence-electron chi connectivity index (χ2n) is 8.44. The van der Waals surface area contributed by atoms with Gasteiger partial charge in [-0.25, -0.2) is 4.79 Å². The van der Waals surface area contributed by atoms with E-state index in [0.29, 0.717) is 22.3 Å². The first-order chi connectivity index (χ1) is 16.6. The number of para-hydroxylation sites is 1. The molecule has 1 N–H and O–H groups in total. The lowest BCUT2D eigenvalue weighted by Gasteiger charge is -2.14. The monoisotopic (exact) mass is 479 g/mol. The van der Waals surface area contributed by atoms with Gasteiger partial charge in [-0.1, -0.05) is 48.0 Å². The molecule has 0 spiro atoms. The fraction of sp³-hybridized carbons (Fsp3) is 0.179. The number of carbonyl (C=O) groups excluding carboxylic acids is 1. The van der Waals surface area contributed by atoms with Crippen LogP contribution in [-0.2, 0) is 17.5 Å². The average Bonchev–Trinajstić information content (AvgIpc) is 3.10. The highest BCUT2D eigenvalue weighted by atomic mass is 19.4. The van der Waals surface area contributed by atoms with E-state index in [4.69, 9.17) is 4.74 Å². The average molecular weight is 479 g/mol. The first-order valence-corrected chi connectivity index (χ1v) is 10.9. The van der Waals surface area contributed by atoms with Crippen molar-refractivity contribution in [1.29, 1.82) is 0 Å². The summed E-state index contributed by atoms with van der Waals surface area (Å²) in [6, 6.07) is 19.4. The molecule has 3 aromatic carbocycles. The largest absolute Gasteiger partial charge is 0.494 e. The minimum Gasteiger partial charge on any atom is -0.494 e. The molecule has 180 valence electrons. The molecule has 1 heterocycles. The minimum absolute atomic E-state index is 0.00855. The molecule has 4 aromatic rings. The number of rotatable bonds is 5. The zero-order valence-corrected chi connectivity index (χ0v) is 19.5. The van der Waals surface area contributed by atoms with E-state index in [1.807, 2.05) is 44.2 Å². The molecule has 0 aliphatic carbocycles. The summed E-state index contributed by atoms with van der Waals surface area (Å²) >= 11 is 0. The van der Waals surface area contributed by atoms with Crippen LogP contribution in [0.15, 0.2) is 78.4 Å². The lowest BCUT2D eigenvalue weighted by molar-refractivity contribution is -0.137. The van der Waals surface area contributed by atoms with Gasteiger partial charge in [0.05, 0.1) is 35.9 Å². The Kier molecular flexibility index (Phi) is 6.43. The Bertz CT molecular complexity index is 1430. The van der Waals surface area contributed by atoms with E-state index in [1.54, 1.807) is 22.8 Å². The van der Waals surface area contributed by atoms with Crippen LogP contribution in [0.1, 0.15) is 46.5 Å². The van der Waals surface area contributed by atoms with Gasteiger partial charge in [0.2, 0.25) is 5.88 Å². The van der Waals surface area contributed by atoms with Crippen LogP contribution < -0.4 is 0 Å². The maximum Gasteiger partial charge on any atom is 0.416 e. The summed E-state index contributed by atoms with van der Waals surface area (Å²) in [5, 5.41) is 12.2. The summed E-state index contributed by atoms with van der Waals surface area (Å²) in [5.41, 5.74) is 3.83. The second kappa shape index (κ2) is 9.33. The summed E-state index contributed by atoms with van der Waals surface area (Å²) < 4.78 is 45.8. The van der Waals surface area contributed by atoms with E-state index in [-0.39, 0.29) is 12.4 Å². The van der Waals surface area contributed by atoms with Crippen LogP contribution in [0.25, 0.3) is 16.5 Å². The minimum atomic E-state index is -4.43. The molecular formula is C28H24F3NO3. The van der Waals surface area contributed by atoms with E-state index in [9.17, 15) is 23.1 Å². The number of aromatic hydroxyl groups is 1. The molecule has 0 amide bonds. The number of aromatic nitrogens is 1. The molecule has 0 saturated heterocycles. The van der Waals surface area contributed by atoms with Crippen molar-refractivity contribution in [2.24, 2.45) is 0 Å². The fourth-order valence-electron chi connectivity index (χ4n) is 4.30. The van der Waals surface area contributed by atoms with Crippen LogP contribution in [0.5, 0.6) is 5.88 Å². The van der Waals surface area contributed by atoms with Crippen molar-refractivity contribution in [3.63, 3.8) is 0 Å². The fourth-order valence-corrected chi connectivity index (χ4v) is 4.30. The first-order valence-electron chi connectivity index (χ1n) is 10.9. The van der Waals surface area contributed by atoms with Gasteiger partial charge in [-0.15, -0.1) is 0 Å². The molecule has 0 fully saturated rings. The molecule has 1 aromatic heterocycles. The maximum absolute atomic E-state index is 13.1. The highest BCUT2D eigenvalue weighted by Crippen LogP contribution is 2.41. The van der Waals surface area contributed by atoms with E-state index >= 15 is 0 Å². The number of halogens is 3. The van der Waals surface area contributed by atoms with Gasteiger partial charge < -0.3 is 14.4 Å². The van der Waals surface area contributed by atoms with Crippen LogP contribution in [0, 0.1) is 0 Å². The van der Waals surface area contributed by atoms with Crippen LogP contribution in [0.4, 0.5) is 13.2 Å². The number of alkyl halides is 3. The Morgan fingerprint density at radius 2 is 1.63 bits per heavy atom. The third kappa shape index (κ3) is 4.67. The van der Waals surface area contributed by atoms with Crippen LogP contribution in [0.3, 0.4) is 0 Å². The Labute approximate surface area is 200 Å². The van der Waals surface area contributed by atoms with Gasteiger partial charge in [0.15, 0.2) is 0 Å². The third-order valence-electron chi connectivity index (χ3n) is 5.88. The van der Waals surface area contributed by atoms with Crippen molar-refractivity contribution in [3.05, 3.63) is 106 Å². The van der Waals surface area contributed by atoms with Crippen LogP contribution >= 0.6 is 0 Å². The third-order valence-corrected chi connectivity index (χ3v) is 5.88.